The van der Waals surface area contributed by atoms with E-state index in [-0.39, 0.29) is 18.0 Å². The molecule has 0 spiro atoms. The van der Waals surface area contributed by atoms with E-state index >= 15 is 0 Å². The number of thiophene rings is 1. The summed E-state index contributed by atoms with van der Waals surface area (Å²) in [7, 11) is 0. The van der Waals surface area contributed by atoms with Crippen molar-refractivity contribution in [3.63, 3.8) is 0 Å². The summed E-state index contributed by atoms with van der Waals surface area (Å²) in [6.07, 6.45) is 0. The summed E-state index contributed by atoms with van der Waals surface area (Å²) >= 11 is 3.50. The number of esters is 1. The summed E-state index contributed by atoms with van der Waals surface area (Å²) in [6.45, 7) is 1.61. The monoisotopic (exact) mass is 623 g/mol. The number of hydrogen-bond donors (Lipinski definition) is 1. The van der Waals surface area contributed by atoms with Gasteiger partial charge in [-0.1, -0.05) is 29.2 Å². The Labute approximate surface area is 250 Å². The standard InChI is InChI=1S/C29H22FN3O6S3/c1-2-39-28(37)15-5-11-18(12-6-15)33-25(35)22-21(19-4-3-13-40-19)24-27(41-23(22)26(33)36)32(29(38)42-24)14-20(34)31-17-9-7-16(30)8-10-17/h3-13,21-23H,2,14H2,1H3,(H,31,34)/t21-,22-,23+/m0/s1. The topological polar surface area (TPSA) is 115 Å². The van der Waals surface area contributed by atoms with Crippen LogP contribution in [-0.2, 0) is 25.7 Å². The van der Waals surface area contributed by atoms with E-state index in [0.717, 1.165) is 32.9 Å². The number of thioether (sulfide) groups is 1. The van der Waals surface area contributed by atoms with E-state index in [1.807, 2.05) is 17.5 Å². The van der Waals surface area contributed by atoms with E-state index < -0.39 is 46.6 Å². The quantitative estimate of drug-likeness (QED) is 0.234. The van der Waals surface area contributed by atoms with E-state index in [2.05, 4.69) is 5.32 Å². The molecular formula is C29H22FN3O6S3. The normalized spacial score (nSPS) is 19.4. The summed E-state index contributed by atoms with van der Waals surface area (Å²) in [5, 5.41) is 4.17. The highest BCUT2D eigenvalue weighted by molar-refractivity contribution is 8.00. The second kappa shape index (κ2) is 11.3. The molecule has 214 valence electrons. The van der Waals surface area contributed by atoms with Crippen molar-refractivity contribution in [3.8, 4) is 0 Å². The number of ether oxygens (including phenoxy) is 1. The lowest BCUT2D eigenvalue weighted by Crippen LogP contribution is -2.32. The van der Waals surface area contributed by atoms with Gasteiger partial charge >= 0.3 is 10.8 Å². The highest BCUT2D eigenvalue weighted by atomic mass is 32.2. The largest absolute Gasteiger partial charge is 0.462 e. The summed E-state index contributed by atoms with van der Waals surface area (Å²) in [6, 6.07) is 15.1. The van der Waals surface area contributed by atoms with Gasteiger partial charge in [-0.2, -0.15) is 0 Å². The van der Waals surface area contributed by atoms with E-state index in [9.17, 15) is 28.4 Å². The number of anilines is 2. The van der Waals surface area contributed by atoms with E-state index in [0.29, 0.717) is 26.8 Å². The maximum Gasteiger partial charge on any atom is 0.338 e. The van der Waals surface area contributed by atoms with Crippen LogP contribution >= 0.6 is 34.4 Å². The minimum atomic E-state index is -0.831. The molecule has 2 aromatic carbocycles. The Kier molecular flexibility index (Phi) is 7.56. The zero-order valence-corrected chi connectivity index (χ0v) is 24.4. The molecule has 13 heteroatoms. The molecule has 0 unspecified atom stereocenters. The molecule has 1 fully saturated rings. The molecule has 2 aliphatic heterocycles. The second-order valence-electron chi connectivity index (χ2n) is 9.52. The van der Waals surface area contributed by atoms with Crippen molar-refractivity contribution in [1.29, 1.82) is 0 Å². The van der Waals surface area contributed by atoms with Crippen LogP contribution < -0.4 is 15.1 Å². The van der Waals surface area contributed by atoms with Crippen LogP contribution in [0.2, 0.25) is 0 Å². The average molecular weight is 624 g/mol. The Bertz CT molecular complexity index is 1750. The van der Waals surface area contributed by atoms with E-state index in [4.69, 9.17) is 4.74 Å². The number of fused-ring (bicyclic) bond motifs is 2. The second-order valence-corrected chi connectivity index (χ2v) is 12.6. The number of amides is 3. The highest BCUT2D eigenvalue weighted by Crippen LogP contribution is 2.54. The number of nitrogens with zero attached hydrogens (tertiary/aromatic N) is 2. The van der Waals surface area contributed by atoms with Gasteiger partial charge in [-0.3, -0.25) is 23.7 Å². The molecule has 42 heavy (non-hydrogen) atoms. The Morgan fingerprint density at radius 2 is 1.74 bits per heavy atom. The van der Waals surface area contributed by atoms with Gasteiger partial charge in [0.15, 0.2) is 0 Å². The first-order valence-electron chi connectivity index (χ1n) is 12.9. The molecule has 0 bridgehead atoms. The predicted octanol–water partition coefficient (Wildman–Crippen LogP) is 4.72. The molecule has 0 radical (unpaired) electrons. The number of halogens is 1. The highest BCUT2D eigenvalue weighted by Gasteiger charge is 2.57. The van der Waals surface area contributed by atoms with Crippen LogP contribution in [0.5, 0.6) is 0 Å². The van der Waals surface area contributed by atoms with Gasteiger partial charge < -0.3 is 10.1 Å². The van der Waals surface area contributed by atoms with Crippen molar-refractivity contribution in [3.05, 3.63) is 96.8 Å². The van der Waals surface area contributed by atoms with Gasteiger partial charge in [0.2, 0.25) is 17.7 Å². The lowest BCUT2D eigenvalue weighted by atomic mass is 9.87. The molecule has 2 aliphatic rings. The van der Waals surface area contributed by atoms with Crippen LogP contribution in [0.15, 0.2) is 75.9 Å². The third-order valence-corrected chi connectivity index (χ3v) is 10.5. The number of rotatable bonds is 7. The number of nitrogens with one attached hydrogen (secondary N) is 1. The molecule has 6 rings (SSSR count). The van der Waals surface area contributed by atoms with Crippen LogP contribution in [0.25, 0.3) is 0 Å². The van der Waals surface area contributed by atoms with E-state index in [1.54, 1.807) is 6.92 Å². The molecule has 0 saturated carbocycles. The first-order chi connectivity index (χ1) is 20.3. The SMILES string of the molecule is CCOC(=O)c1ccc(N2C(=O)[C@H]3[C@H](c4cccs4)c4sc(=O)n(CC(=O)Nc5ccc(F)cc5)c4S[C@H]3C2=O)cc1. The molecule has 1 N–H and O–H groups in total. The number of carbonyl (C=O) groups is 4. The summed E-state index contributed by atoms with van der Waals surface area (Å²) in [4.78, 5) is 68.1. The Balaban J connectivity index is 1.34. The van der Waals surface area contributed by atoms with Crippen LogP contribution in [0.4, 0.5) is 15.8 Å². The van der Waals surface area contributed by atoms with Crippen molar-refractivity contribution >= 4 is 69.5 Å². The number of hydrogen-bond acceptors (Lipinski definition) is 9. The molecule has 2 aromatic heterocycles. The van der Waals surface area contributed by atoms with Crippen LogP contribution in [-0.4, -0.2) is 40.1 Å². The van der Waals surface area contributed by atoms with E-state index in [1.165, 1.54) is 64.4 Å². The summed E-state index contributed by atoms with van der Waals surface area (Å²) in [5.41, 5.74) is 1.01. The molecular weight excluding hydrogens is 602 g/mol. The van der Waals surface area contributed by atoms with Gasteiger partial charge in [0.1, 0.15) is 17.6 Å². The average Bonchev–Trinajstić information content (AvgIpc) is 3.67. The zero-order valence-electron chi connectivity index (χ0n) is 21.9. The third kappa shape index (κ3) is 4.97. The lowest BCUT2D eigenvalue weighted by Gasteiger charge is -2.29. The van der Waals surface area contributed by atoms with Crippen LogP contribution in [0, 0.1) is 11.7 Å². The van der Waals surface area contributed by atoms with Crippen molar-refractivity contribution in [2.24, 2.45) is 5.92 Å². The summed E-state index contributed by atoms with van der Waals surface area (Å²) < 4.78 is 19.6. The fourth-order valence-corrected chi connectivity index (χ4v) is 8.84. The minimum absolute atomic E-state index is 0.220. The number of aromatic nitrogens is 1. The lowest BCUT2D eigenvalue weighted by molar-refractivity contribution is -0.122. The third-order valence-electron chi connectivity index (χ3n) is 6.97. The number of benzene rings is 2. The number of carbonyl (C=O) groups excluding carboxylic acids is 4. The van der Waals surface area contributed by atoms with Gasteiger partial charge in [-0.15, -0.1) is 11.3 Å². The van der Waals surface area contributed by atoms with Gasteiger partial charge in [-0.25, -0.2) is 14.1 Å². The predicted molar refractivity (Wildman–Crippen MR) is 158 cm³/mol. The first kappa shape index (κ1) is 28.1. The molecule has 3 atom stereocenters. The van der Waals surface area contributed by atoms with Gasteiger partial charge in [0.05, 0.1) is 28.8 Å². The zero-order chi connectivity index (χ0) is 29.5. The Morgan fingerprint density at radius 1 is 1.00 bits per heavy atom. The first-order valence-corrected chi connectivity index (χ1v) is 15.5. The maximum absolute atomic E-state index is 13.9. The van der Waals surface area contributed by atoms with Crippen LogP contribution in [0.3, 0.4) is 0 Å². The smallest absolute Gasteiger partial charge is 0.338 e. The van der Waals surface area contributed by atoms with Gasteiger partial charge in [-0.05, 0) is 66.9 Å². The van der Waals surface area contributed by atoms with Crippen molar-refractivity contribution in [2.45, 2.75) is 29.7 Å². The van der Waals surface area contributed by atoms with Gasteiger partial charge in [0.25, 0.3) is 0 Å². The maximum atomic E-state index is 13.9. The fraction of sp³-hybridized carbons (Fsp3) is 0.207. The molecule has 3 amide bonds. The minimum Gasteiger partial charge on any atom is -0.462 e. The molecule has 9 nitrogen and oxygen atoms in total. The summed E-state index contributed by atoms with van der Waals surface area (Å²) in [5.74, 6) is -3.59. The van der Waals surface area contributed by atoms with Crippen molar-refractivity contribution in [1.82, 2.24) is 4.57 Å². The van der Waals surface area contributed by atoms with Crippen molar-refractivity contribution < 1.29 is 28.3 Å². The number of thiazole rings is 1. The molecule has 4 aromatic rings. The molecule has 0 aliphatic carbocycles. The Hall–Kier alpha value is -4.07. The van der Waals surface area contributed by atoms with Crippen molar-refractivity contribution in [2.75, 3.05) is 16.8 Å². The van der Waals surface area contributed by atoms with Crippen LogP contribution in [0.1, 0.15) is 33.0 Å². The van der Waals surface area contributed by atoms with Gasteiger partial charge in [0, 0.05) is 21.4 Å². The number of imide groups is 1. The fourth-order valence-electron chi connectivity index (χ4n) is 5.12. The Morgan fingerprint density at radius 3 is 2.40 bits per heavy atom. The molecule has 1 saturated heterocycles. The molecule has 4 heterocycles.